The van der Waals surface area contributed by atoms with Gasteiger partial charge in [-0.3, -0.25) is 0 Å². The van der Waals surface area contributed by atoms with Crippen LogP contribution in [-0.4, -0.2) is 46.9 Å². The van der Waals surface area contributed by atoms with Crippen molar-refractivity contribution in [3.8, 4) is 17.1 Å². The Kier molecular flexibility index (Phi) is 5.33. The van der Waals surface area contributed by atoms with E-state index in [1.54, 1.807) is 28.7 Å². The lowest BCUT2D eigenvalue weighted by Gasteiger charge is -2.16. The number of anilines is 1. The van der Waals surface area contributed by atoms with E-state index < -0.39 is 5.97 Å². The zero-order valence-electron chi connectivity index (χ0n) is 16.7. The molecule has 30 heavy (non-hydrogen) atoms. The molecule has 4 aromatic rings. The molecule has 0 unspecified atom stereocenters. The van der Waals surface area contributed by atoms with Crippen molar-refractivity contribution in [2.45, 2.75) is 9.92 Å². The number of rotatable bonds is 6. The SMILES string of the molecule is COc1c(-c2ccccc2)nc2ccc(Sc3ccc(N(C)C)c(C(=O)O)c3)nn12. The third-order valence-electron chi connectivity index (χ3n) is 4.56. The summed E-state index contributed by atoms with van der Waals surface area (Å²) in [6.07, 6.45) is 0. The second-order valence-corrected chi connectivity index (χ2v) is 7.85. The number of hydrogen-bond acceptors (Lipinski definition) is 6. The fourth-order valence-electron chi connectivity index (χ4n) is 3.18. The molecule has 0 spiro atoms. The molecule has 0 bridgehead atoms. The van der Waals surface area contributed by atoms with Crippen molar-refractivity contribution in [2.24, 2.45) is 0 Å². The molecule has 152 valence electrons. The molecule has 0 atom stereocenters. The van der Waals surface area contributed by atoms with E-state index in [1.807, 2.05) is 62.6 Å². The monoisotopic (exact) mass is 420 g/mol. The molecule has 0 aliphatic carbocycles. The highest BCUT2D eigenvalue weighted by molar-refractivity contribution is 7.99. The number of aromatic nitrogens is 3. The van der Waals surface area contributed by atoms with Crippen LogP contribution in [0.4, 0.5) is 5.69 Å². The molecule has 0 saturated carbocycles. The van der Waals surface area contributed by atoms with Crippen LogP contribution in [0.25, 0.3) is 16.9 Å². The quantitative estimate of drug-likeness (QED) is 0.498. The molecule has 1 N–H and O–H groups in total. The summed E-state index contributed by atoms with van der Waals surface area (Å²) in [5, 5.41) is 14.9. The number of ether oxygens (including phenoxy) is 1. The van der Waals surface area contributed by atoms with E-state index >= 15 is 0 Å². The predicted molar refractivity (Wildman–Crippen MR) is 117 cm³/mol. The van der Waals surface area contributed by atoms with E-state index in [-0.39, 0.29) is 5.56 Å². The first-order valence-corrected chi connectivity index (χ1v) is 10.0. The summed E-state index contributed by atoms with van der Waals surface area (Å²) < 4.78 is 7.26. The molecule has 2 aromatic heterocycles. The van der Waals surface area contributed by atoms with E-state index in [9.17, 15) is 9.90 Å². The van der Waals surface area contributed by atoms with Crippen LogP contribution in [0.5, 0.6) is 5.88 Å². The molecule has 0 amide bonds. The summed E-state index contributed by atoms with van der Waals surface area (Å²) in [5.74, 6) is -0.416. The van der Waals surface area contributed by atoms with Gasteiger partial charge in [0.2, 0.25) is 5.88 Å². The number of carboxylic acid groups (broad SMARTS) is 1. The number of hydrogen-bond donors (Lipinski definition) is 1. The average Bonchev–Trinajstić information content (AvgIpc) is 3.12. The molecule has 4 rings (SSSR count). The first kappa shape index (κ1) is 19.8. The van der Waals surface area contributed by atoms with Crippen molar-refractivity contribution in [1.29, 1.82) is 0 Å². The maximum atomic E-state index is 11.6. The van der Waals surface area contributed by atoms with Crippen LogP contribution in [0.15, 0.2) is 70.6 Å². The molecule has 0 radical (unpaired) electrons. The Morgan fingerprint density at radius 1 is 1.10 bits per heavy atom. The number of aromatic carboxylic acids is 1. The first-order valence-electron chi connectivity index (χ1n) is 9.19. The Morgan fingerprint density at radius 2 is 1.87 bits per heavy atom. The molecule has 2 heterocycles. The number of fused-ring (bicyclic) bond motifs is 1. The number of carbonyl (C=O) groups is 1. The molecule has 2 aromatic carbocycles. The van der Waals surface area contributed by atoms with Crippen molar-refractivity contribution in [1.82, 2.24) is 14.6 Å². The number of imidazole rings is 1. The molecule has 0 aliphatic rings. The Balaban J connectivity index is 1.73. The van der Waals surface area contributed by atoms with Gasteiger partial charge in [-0.2, -0.15) is 9.61 Å². The minimum atomic E-state index is -0.964. The van der Waals surface area contributed by atoms with Gasteiger partial charge in [-0.25, -0.2) is 9.78 Å². The third kappa shape index (κ3) is 3.69. The lowest BCUT2D eigenvalue weighted by molar-refractivity contribution is 0.0697. The second kappa shape index (κ2) is 8.08. The molecule has 0 fully saturated rings. The Bertz CT molecular complexity index is 1220. The van der Waals surface area contributed by atoms with Crippen LogP contribution in [-0.2, 0) is 0 Å². The van der Waals surface area contributed by atoms with Gasteiger partial charge in [-0.05, 0) is 30.3 Å². The minimum absolute atomic E-state index is 0.248. The van der Waals surface area contributed by atoms with Crippen molar-refractivity contribution in [3.05, 3.63) is 66.2 Å². The van der Waals surface area contributed by atoms with Gasteiger partial charge in [0.05, 0.1) is 18.4 Å². The maximum absolute atomic E-state index is 11.6. The predicted octanol–water partition coefficient (Wildman–Crippen LogP) is 4.32. The zero-order valence-corrected chi connectivity index (χ0v) is 17.6. The number of methoxy groups -OCH3 is 1. The zero-order chi connectivity index (χ0) is 21.3. The van der Waals surface area contributed by atoms with Crippen LogP contribution in [0.3, 0.4) is 0 Å². The Hall–Kier alpha value is -3.52. The van der Waals surface area contributed by atoms with Crippen molar-refractivity contribution >= 4 is 29.1 Å². The number of carboxylic acids is 1. The van der Waals surface area contributed by atoms with Gasteiger partial charge in [0.25, 0.3) is 0 Å². The van der Waals surface area contributed by atoms with Gasteiger partial charge in [-0.1, -0.05) is 42.1 Å². The lowest BCUT2D eigenvalue weighted by atomic mass is 10.1. The third-order valence-corrected chi connectivity index (χ3v) is 5.47. The summed E-state index contributed by atoms with van der Waals surface area (Å²) in [6, 6.07) is 18.9. The summed E-state index contributed by atoms with van der Waals surface area (Å²) in [4.78, 5) is 18.9. The Morgan fingerprint density at radius 3 is 2.53 bits per heavy atom. The second-order valence-electron chi connectivity index (χ2n) is 6.76. The Labute approximate surface area is 177 Å². The fraction of sp³-hybridized carbons (Fsp3) is 0.136. The van der Waals surface area contributed by atoms with Gasteiger partial charge in [0.15, 0.2) is 5.65 Å². The normalized spacial score (nSPS) is 10.9. The van der Waals surface area contributed by atoms with E-state index in [2.05, 4.69) is 10.1 Å². The van der Waals surface area contributed by atoms with E-state index in [4.69, 9.17) is 4.74 Å². The standard InChI is InChI=1S/C22H20N4O3S/c1-25(2)17-10-9-15(13-16(17)22(27)28)30-19-12-11-18-23-20(14-7-5-4-6-8-14)21(29-3)26(18)24-19/h4-13H,1-3H3,(H,27,28). The van der Waals surface area contributed by atoms with Crippen LogP contribution < -0.4 is 9.64 Å². The topological polar surface area (TPSA) is 80.0 Å². The highest BCUT2D eigenvalue weighted by Crippen LogP contribution is 2.33. The van der Waals surface area contributed by atoms with E-state index in [0.29, 0.717) is 22.2 Å². The lowest BCUT2D eigenvalue weighted by Crippen LogP contribution is -2.13. The van der Waals surface area contributed by atoms with Gasteiger partial charge < -0.3 is 14.7 Å². The largest absolute Gasteiger partial charge is 0.479 e. The van der Waals surface area contributed by atoms with Crippen LogP contribution in [0.1, 0.15) is 10.4 Å². The number of nitrogens with zero attached hydrogens (tertiary/aromatic N) is 4. The van der Waals surface area contributed by atoms with E-state index in [0.717, 1.165) is 16.2 Å². The van der Waals surface area contributed by atoms with Gasteiger partial charge in [-0.15, -0.1) is 0 Å². The van der Waals surface area contributed by atoms with Gasteiger partial charge in [0.1, 0.15) is 10.7 Å². The van der Waals surface area contributed by atoms with Crippen LogP contribution in [0.2, 0.25) is 0 Å². The summed E-state index contributed by atoms with van der Waals surface area (Å²) in [7, 11) is 5.23. The molecule has 0 aliphatic heterocycles. The molecule has 7 nitrogen and oxygen atoms in total. The molecule has 0 saturated heterocycles. The van der Waals surface area contributed by atoms with Crippen LogP contribution in [0, 0.1) is 0 Å². The van der Waals surface area contributed by atoms with Crippen molar-refractivity contribution < 1.29 is 14.6 Å². The van der Waals surface area contributed by atoms with Crippen molar-refractivity contribution in [2.75, 3.05) is 26.1 Å². The highest BCUT2D eigenvalue weighted by Gasteiger charge is 2.17. The smallest absolute Gasteiger partial charge is 0.337 e. The number of benzene rings is 2. The van der Waals surface area contributed by atoms with Crippen LogP contribution >= 0.6 is 11.8 Å². The molecule has 8 heteroatoms. The molecular weight excluding hydrogens is 400 g/mol. The molecular formula is C22H20N4O3S. The summed E-state index contributed by atoms with van der Waals surface area (Å²) in [5.41, 5.74) is 3.23. The van der Waals surface area contributed by atoms with Crippen molar-refractivity contribution in [3.63, 3.8) is 0 Å². The maximum Gasteiger partial charge on any atom is 0.337 e. The minimum Gasteiger partial charge on any atom is -0.479 e. The summed E-state index contributed by atoms with van der Waals surface area (Å²) in [6.45, 7) is 0. The summed E-state index contributed by atoms with van der Waals surface area (Å²) >= 11 is 1.38. The average molecular weight is 420 g/mol. The van der Waals surface area contributed by atoms with Gasteiger partial charge >= 0.3 is 5.97 Å². The highest BCUT2D eigenvalue weighted by atomic mass is 32.2. The van der Waals surface area contributed by atoms with E-state index in [1.165, 1.54) is 11.8 Å². The fourth-order valence-corrected chi connectivity index (χ4v) is 3.99. The first-order chi connectivity index (χ1) is 14.5. The van der Waals surface area contributed by atoms with Gasteiger partial charge in [0, 0.05) is 24.6 Å².